The molecule has 0 fully saturated rings. The zero-order valence-corrected chi connectivity index (χ0v) is 14.1. The minimum absolute atomic E-state index is 0.0451. The van der Waals surface area contributed by atoms with Crippen LogP contribution in [-0.2, 0) is 12.0 Å². The Morgan fingerprint density at radius 1 is 1.05 bits per heavy atom. The first kappa shape index (κ1) is 16.0. The molecule has 21 heavy (non-hydrogen) atoms. The molecule has 3 heteroatoms. The lowest BCUT2D eigenvalue weighted by Gasteiger charge is -2.27. The molecule has 0 saturated carbocycles. The highest BCUT2D eigenvalue weighted by molar-refractivity contribution is 5.76. The van der Waals surface area contributed by atoms with E-state index in [4.69, 9.17) is 10.7 Å². The Kier molecular flexibility index (Phi) is 4.43. The van der Waals surface area contributed by atoms with Gasteiger partial charge in [-0.1, -0.05) is 26.0 Å². The zero-order chi connectivity index (χ0) is 15.7. The van der Waals surface area contributed by atoms with Crippen molar-refractivity contribution in [2.24, 2.45) is 11.1 Å². The molecule has 0 amide bonds. The fraction of sp³-hybridized carbons (Fsp3) is 0.611. The van der Waals surface area contributed by atoms with Crippen LogP contribution in [-0.4, -0.2) is 16.1 Å². The molecular formula is C18H29N3. The van der Waals surface area contributed by atoms with Gasteiger partial charge in [0.25, 0.3) is 0 Å². The third kappa shape index (κ3) is 3.65. The molecule has 2 rings (SSSR count). The first-order valence-corrected chi connectivity index (χ1v) is 7.91. The molecule has 0 aliphatic rings. The molecule has 0 aliphatic heterocycles. The van der Waals surface area contributed by atoms with Crippen LogP contribution in [0.2, 0.25) is 0 Å². The predicted molar refractivity (Wildman–Crippen MR) is 90.5 cm³/mol. The summed E-state index contributed by atoms with van der Waals surface area (Å²) in [6.07, 6.45) is 3.17. The van der Waals surface area contributed by atoms with Crippen LogP contribution >= 0.6 is 0 Å². The molecule has 3 nitrogen and oxygen atoms in total. The number of imidazole rings is 1. The summed E-state index contributed by atoms with van der Waals surface area (Å²) in [4.78, 5) is 4.87. The highest BCUT2D eigenvalue weighted by Crippen LogP contribution is 2.30. The van der Waals surface area contributed by atoms with Gasteiger partial charge in [0, 0.05) is 12.0 Å². The van der Waals surface area contributed by atoms with E-state index in [2.05, 4.69) is 63.5 Å². The third-order valence-corrected chi connectivity index (χ3v) is 4.15. The van der Waals surface area contributed by atoms with Crippen LogP contribution < -0.4 is 5.73 Å². The molecule has 1 aromatic heterocycles. The second-order valence-electron chi connectivity index (χ2n) is 7.73. The Morgan fingerprint density at radius 2 is 1.71 bits per heavy atom. The van der Waals surface area contributed by atoms with E-state index in [1.165, 1.54) is 11.3 Å². The number of rotatable bonds is 5. The monoisotopic (exact) mass is 287 g/mol. The molecule has 116 valence electrons. The molecule has 0 bridgehead atoms. The Hall–Kier alpha value is -1.35. The number of aryl methyl sites for hydroxylation is 1. The Balaban J connectivity index is 2.35. The third-order valence-electron chi connectivity index (χ3n) is 4.15. The van der Waals surface area contributed by atoms with E-state index in [-0.39, 0.29) is 11.0 Å². The lowest BCUT2D eigenvalue weighted by atomic mass is 9.84. The maximum atomic E-state index is 5.72. The van der Waals surface area contributed by atoms with Crippen LogP contribution in [0.4, 0.5) is 0 Å². The largest absolute Gasteiger partial charge is 0.330 e. The minimum atomic E-state index is 0.0451. The molecule has 2 aromatic rings. The Bertz CT molecular complexity index is 602. The van der Waals surface area contributed by atoms with Gasteiger partial charge in [0.05, 0.1) is 11.0 Å². The van der Waals surface area contributed by atoms with E-state index in [0.717, 1.165) is 31.3 Å². The molecule has 0 spiro atoms. The smallest absolute Gasteiger partial charge is 0.110 e. The lowest BCUT2D eigenvalue weighted by Crippen LogP contribution is -2.25. The van der Waals surface area contributed by atoms with Gasteiger partial charge >= 0.3 is 0 Å². The van der Waals surface area contributed by atoms with E-state index in [0.29, 0.717) is 0 Å². The molecule has 0 unspecified atom stereocenters. The number of benzene rings is 1. The number of fused-ring (bicyclic) bond motifs is 1. The van der Waals surface area contributed by atoms with Crippen LogP contribution in [0, 0.1) is 5.41 Å². The maximum absolute atomic E-state index is 5.72. The van der Waals surface area contributed by atoms with Crippen LogP contribution in [0.1, 0.15) is 53.3 Å². The minimum Gasteiger partial charge on any atom is -0.330 e. The van der Waals surface area contributed by atoms with Crippen LogP contribution in [0.25, 0.3) is 11.0 Å². The zero-order valence-electron chi connectivity index (χ0n) is 14.1. The van der Waals surface area contributed by atoms with Gasteiger partial charge in [0.2, 0.25) is 0 Å². The average molecular weight is 287 g/mol. The van der Waals surface area contributed by atoms with Gasteiger partial charge in [-0.15, -0.1) is 0 Å². The molecule has 2 N–H and O–H groups in total. The first-order valence-electron chi connectivity index (χ1n) is 7.91. The number of hydrogen-bond acceptors (Lipinski definition) is 2. The quantitative estimate of drug-likeness (QED) is 0.899. The van der Waals surface area contributed by atoms with Crippen molar-refractivity contribution < 1.29 is 0 Å². The van der Waals surface area contributed by atoms with E-state index in [1.807, 2.05) is 0 Å². The molecule has 0 aliphatic carbocycles. The summed E-state index contributed by atoms with van der Waals surface area (Å²) >= 11 is 0. The second-order valence-corrected chi connectivity index (χ2v) is 7.73. The van der Waals surface area contributed by atoms with Crippen molar-refractivity contribution in [2.45, 2.75) is 59.4 Å². The first-order chi connectivity index (χ1) is 9.74. The van der Waals surface area contributed by atoms with Crippen molar-refractivity contribution in [1.29, 1.82) is 0 Å². The fourth-order valence-corrected chi connectivity index (χ4v) is 2.96. The van der Waals surface area contributed by atoms with Crippen molar-refractivity contribution in [3.63, 3.8) is 0 Å². The SMILES string of the molecule is CC(C)(CCN)CCc1nc2ccccc2n1C(C)(C)C. The Morgan fingerprint density at radius 3 is 2.33 bits per heavy atom. The van der Waals surface area contributed by atoms with E-state index in [1.54, 1.807) is 0 Å². The fourth-order valence-electron chi connectivity index (χ4n) is 2.96. The summed E-state index contributed by atoms with van der Waals surface area (Å²) in [5.74, 6) is 1.19. The summed E-state index contributed by atoms with van der Waals surface area (Å²) in [5.41, 5.74) is 8.37. The molecule has 1 aromatic carbocycles. The summed E-state index contributed by atoms with van der Waals surface area (Å²) in [5, 5.41) is 0. The highest BCUT2D eigenvalue weighted by atomic mass is 15.1. The van der Waals surface area contributed by atoms with Gasteiger partial charge < -0.3 is 10.3 Å². The van der Waals surface area contributed by atoms with Gasteiger partial charge in [-0.05, 0) is 57.7 Å². The molecule has 0 radical (unpaired) electrons. The van der Waals surface area contributed by atoms with E-state index < -0.39 is 0 Å². The normalized spacial score (nSPS) is 13.0. The van der Waals surface area contributed by atoms with Crippen LogP contribution in [0.15, 0.2) is 24.3 Å². The topological polar surface area (TPSA) is 43.8 Å². The summed E-state index contributed by atoms with van der Waals surface area (Å²) in [6, 6.07) is 8.42. The van der Waals surface area contributed by atoms with E-state index in [9.17, 15) is 0 Å². The van der Waals surface area contributed by atoms with Crippen molar-refractivity contribution in [1.82, 2.24) is 9.55 Å². The molecule has 0 saturated heterocycles. The summed E-state index contributed by atoms with van der Waals surface area (Å²) < 4.78 is 2.39. The van der Waals surface area contributed by atoms with Gasteiger partial charge in [-0.3, -0.25) is 0 Å². The standard InChI is InChI=1S/C18H29N3/c1-17(2,3)21-15-9-7-6-8-14(15)20-16(21)10-11-18(4,5)12-13-19/h6-9H,10-13,19H2,1-5H3. The van der Waals surface area contributed by atoms with Gasteiger partial charge in [0.1, 0.15) is 5.82 Å². The van der Waals surface area contributed by atoms with Crippen molar-refractivity contribution in [2.75, 3.05) is 6.54 Å². The maximum Gasteiger partial charge on any atom is 0.110 e. The van der Waals surface area contributed by atoms with Gasteiger partial charge in [0.15, 0.2) is 0 Å². The molecular weight excluding hydrogens is 258 g/mol. The molecule has 1 heterocycles. The number of nitrogens with zero attached hydrogens (tertiary/aromatic N) is 2. The van der Waals surface area contributed by atoms with Crippen molar-refractivity contribution in [3.8, 4) is 0 Å². The van der Waals surface area contributed by atoms with Crippen molar-refractivity contribution in [3.05, 3.63) is 30.1 Å². The predicted octanol–water partition coefficient (Wildman–Crippen LogP) is 4.10. The van der Waals surface area contributed by atoms with Gasteiger partial charge in [-0.2, -0.15) is 0 Å². The Labute approximate surface area is 128 Å². The average Bonchev–Trinajstić information content (AvgIpc) is 2.74. The lowest BCUT2D eigenvalue weighted by molar-refractivity contribution is 0.303. The van der Waals surface area contributed by atoms with Crippen LogP contribution in [0.5, 0.6) is 0 Å². The van der Waals surface area contributed by atoms with Crippen LogP contribution in [0.3, 0.4) is 0 Å². The number of para-hydroxylation sites is 2. The number of nitrogens with two attached hydrogens (primary N) is 1. The summed E-state index contributed by atoms with van der Waals surface area (Å²) in [6.45, 7) is 12.1. The van der Waals surface area contributed by atoms with Crippen molar-refractivity contribution >= 4 is 11.0 Å². The number of aromatic nitrogens is 2. The van der Waals surface area contributed by atoms with Gasteiger partial charge in [-0.25, -0.2) is 4.98 Å². The number of hydrogen-bond donors (Lipinski definition) is 1. The molecule has 0 atom stereocenters. The van der Waals surface area contributed by atoms with E-state index >= 15 is 0 Å². The highest BCUT2D eigenvalue weighted by Gasteiger charge is 2.23. The second kappa shape index (κ2) is 5.80. The summed E-state index contributed by atoms with van der Waals surface area (Å²) in [7, 11) is 0.